The minimum atomic E-state index is 0.0518. The number of benzene rings is 3. The van der Waals surface area contributed by atoms with Crippen molar-refractivity contribution in [3.63, 3.8) is 0 Å². The molecule has 1 fully saturated rings. The fourth-order valence-electron chi connectivity index (χ4n) is 5.56. The van der Waals surface area contributed by atoms with Crippen molar-refractivity contribution < 1.29 is 9.57 Å². The predicted octanol–water partition coefficient (Wildman–Crippen LogP) is 6.70. The van der Waals surface area contributed by atoms with Crippen LogP contribution in [0.2, 0.25) is 0 Å². The molecule has 1 aromatic heterocycles. The molecule has 2 heterocycles. The lowest BCUT2D eigenvalue weighted by Crippen LogP contribution is -2.37. The van der Waals surface area contributed by atoms with Crippen LogP contribution in [0.25, 0.3) is 21.8 Å². The molecule has 3 aromatic carbocycles. The zero-order chi connectivity index (χ0) is 25.9. The van der Waals surface area contributed by atoms with E-state index < -0.39 is 0 Å². The smallest absolute Gasteiger partial charge is 0.107 e. The van der Waals surface area contributed by atoms with Crippen LogP contribution < -0.4 is 5.48 Å². The average Bonchev–Trinajstić information content (AvgIpc) is 3.25. The molecule has 0 spiro atoms. The first-order valence-corrected chi connectivity index (χ1v) is 13.5. The first kappa shape index (κ1) is 25.5. The Bertz CT molecular complexity index is 1400. The van der Waals surface area contributed by atoms with E-state index >= 15 is 0 Å². The summed E-state index contributed by atoms with van der Waals surface area (Å²) in [5, 5.41) is 2.60. The maximum Gasteiger partial charge on any atom is 0.107 e. The molecular weight excluding hydrogens is 458 g/mol. The summed E-state index contributed by atoms with van der Waals surface area (Å²) in [5.41, 5.74) is 12.1. The molecule has 2 atom stereocenters. The zero-order valence-electron chi connectivity index (χ0n) is 22.6. The lowest BCUT2D eigenvalue weighted by atomic mass is 9.89. The van der Waals surface area contributed by atoms with Crippen LogP contribution in [0.3, 0.4) is 0 Å². The Balaban J connectivity index is 1.40. The molecule has 1 aliphatic heterocycles. The topological polar surface area (TPSA) is 38.7 Å². The summed E-state index contributed by atoms with van der Waals surface area (Å²) in [4.78, 5) is 8.10. The molecule has 5 rings (SSSR count). The fourth-order valence-corrected chi connectivity index (χ4v) is 5.56. The zero-order valence-corrected chi connectivity index (χ0v) is 22.6. The summed E-state index contributed by atoms with van der Waals surface area (Å²) < 4.78 is 7.85. The number of aromatic nitrogens is 1. The van der Waals surface area contributed by atoms with Crippen LogP contribution in [0.15, 0.2) is 72.9 Å². The van der Waals surface area contributed by atoms with Gasteiger partial charge in [0.25, 0.3) is 0 Å². The number of ether oxygens (including phenoxy) is 1. The van der Waals surface area contributed by atoms with E-state index in [1.807, 2.05) is 0 Å². The van der Waals surface area contributed by atoms with Gasteiger partial charge in [0.05, 0.1) is 19.3 Å². The Morgan fingerprint density at radius 3 is 2.30 bits per heavy atom. The largest absolute Gasteiger partial charge is 0.378 e. The summed E-state index contributed by atoms with van der Waals surface area (Å²) in [6.07, 6.45) is 0. The number of morpholine rings is 1. The molecule has 1 N–H and O–H groups in total. The second-order valence-electron chi connectivity index (χ2n) is 10.2. The minimum absolute atomic E-state index is 0.0518. The normalized spacial score (nSPS) is 15.8. The van der Waals surface area contributed by atoms with E-state index in [2.05, 4.69) is 110 Å². The molecule has 0 bridgehead atoms. The highest BCUT2D eigenvalue weighted by molar-refractivity contribution is 6.08. The minimum Gasteiger partial charge on any atom is -0.378 e. The van der Waals surface area contributed by atoms with E-state index in [1.165, 1.54) is 44.1 Å². The van der Waals surface area contributed by atoms with E-state index in [1.54, 1.807) is 0 Å². The van der Waals surface area contributed by atoms with E-state index in [-0.39, 0.29) is 6.04 Å². The molecule has 1 aliphatic rings. The summed E-state index contributed by atoms with van der Waals surface area (Å²) in [6.45, 7) is 17.7. The van der Waals surface area contributed by atoms with E-state index in [4.69, 9.17) is 9.57 Å². The number of nitrogens with zero attached hydrogens (tertiary/aromatic N) is 2. The molecule has 194 valence electrons. The van der Waals surface area contributed by atoms with E-state index in [9.17, 15) is 0 Å². The van der Waals surface area contributed by atoms with Gasteiger partial charge < -0.3 is 14.2 Å². The quantitative estimate of drug-likeness (QED) is 0.261. The monoisotopic (exact) mass is 497 g/mol. The van der Waals surface area contributed by atoms with Crippen molar-refractivity contribution in [1.82, 2.24) is 14.9 Å². The number of hydrogen-bond acceptors (Lipinski definition) is 4. The van der Waals surface area contributed by atoms with Crippen molar-refractivity contribution in [3.05, 3.63) is 95.2 Å². The Morgan fingerprint density at radius 2 is 1.62 bits per heavy atom. The number of aryl methyl sites for hydroxylation is 2. The van der Waals surface area contributed by atoms with Crippen molar-refractivity contribution >= 4 is 21.8 Å². The average molecular weight is 498 g/mol. The van der Waals surface area contributed by atoms with Gasteiger partial charge in [0.15, 0.2) is 0 Å². The summed E-state index contributed by atoms with van der Waals surface area (Å²) in [6, 6.07) is 22.5. The van der Waals surface area contributed by atoms with Gasteiger partial charge in [-0.1, -0.05) is 49.9 Å². The SMILES string of the molecule is C=C(CONC(C)c1ccc2c(c1)c1cc(C(C)c3ccccc3C)ccc1n2CC)N1CCOCC1. The third-order valence-corrected chi connectivity index (χ3v) is 7.84. The third-order valence-electron chi connectivity index (χ3n) is 7.84. The molecule has 5 nitrogen and oxygen atoms in total. The highest BCUT2D eigenvalue weighted by atomic mass is 16.6. The van der Waals surface area contributed by atoms with Crippen molar-refractivity contribution in [3.8, 4) is 0 Å². The van der Waals surface area contributed by atoms with Crippen molar-refractivity contribution in [1.29, 1.82) is 0 Å². The second-order valence-corrected chi connectivity index (χ2v) is 10.2. The van der Waals surface area contributed by atoms with Gasteiger partial charge in [-0.25, -0.2) is 0 Å². The van der Waals surface area contributed by atoms with Crippen LogP contribution >= 0.6 is 0 Å². The summed E-state index contributed by atoms with van der Waals surface area (Å²) in [7, 11) is 0. The van der Waals surface area contributed by atoms with Crippen molar-refractivity contribution in [2.24, 2.45) is 0 Å². The van der Waals surface area contributed by atoms with Gasteiger partial charge >= 0.3 is 0 Å². The van der Waals surface area contributed by atoms with Gasteiger partial charge in [0, 0.05) is 53.1 Å². The first-order chi connectivity index (χ1) is 18.0. The van der Waals surface area contributed by atoms with Gasteiger partial charge in [0.1, 0.15) is 6.61 Å². The maximum atomic E-state index is 5.86. The molecule has 1 saturated heterocycles. The predicted molar refractivity (Wildman–Crippen MR) is 153 cm³/mol. The van der Waals surface area contributed by atoms with Gasteiger partial charge in [-0.3, -0.25) is 4.84 Å². The van der Waals surface area contributed by atoms with E-state index in [0.717, 1.165) is 38.5 Å². The van der Waals surface area contributed by atoms with Crippen molar-refractivity contribution in [2.45, 2.75) is 46.2 Å². The summed E-state index contributed by atoms with van der Waals surface area (Å²) >= 11 is 0. The van der Waals surface area contributed by atoms with E-state index in [0.29, 0.717) is 12.5 Å². The lowest BCUT2D eigenvalue weighted by Gasteiger charge is -2.30. The Labute approximate surface area is 220 Å². The van der Waals surface area contributed by atoms with Crippen LogP contribution in [-0.4, -0.2) is 42.4 Å². The Morgan fingerprint density at radius 1 is 0.973 bits per heavy atom. The van der Waals surface area contributed by atoms with Gasteiger partial charge in [-0.05, 0) is 67.3 Å². The number of hydrogen-bond donors (Lipinski definition) is 1. The maximum absolute atomic E-state index is 5.86. The van der Waals surface area contributed by atoms with Crippen molar-refractivity contribution in [2.75, 3.05) is 32.9 Å². The molecule has 0 radical (unpaired) electrons. The van der Waals surface area contributed by atoms with Gasteiger partial charge in [-0.2, -0.15) is 5.48 Å². The van der Waals surface area contributed by atoms with Crippen LogP contribution in [0.1, 0.15) is 55.0 Å². The van der Waals surface area contributed by atoms with Gasteiger partial charge in [-0.15, -0.1) is 0 Å². The third kappa shape index (κ3) is 5.17. The number of hydroxylamine groups is 1. The number of rotatable bonds is 9. The molecule has 5 heteroatoms. The standard InChI is InChI=1S/C32H39N3O2/c1-6-35-31-13-11-26(24(4)28-10-8-7-9-22(28)2)19-29(31)30-20-27(12-14-32(30)35)25(5)33-37-21-23(3)34-15-17-36-18-16-34/h7-14,19-20,24-25,33H,3,6,15-18,21H2,1-2,4-5H3. The molecule has 0 saturated carbocycles. The van der Waals surface area contributed by atoms with Crippen LogP contribution in [0, 0.1) is 6.92 Å². The lowest BCUT2D eigenvalue weighted by molar-refractivity contribution is 0.00748. The fraction of sp³-hybridized carbons (Fsp3) is 0.375. The molecule has 2 unspecified atom stereocenters. The first-order valence-electron chi connectivity index (χ1n) is 13.5. The number of nitrogens with one attached hydrogen (secondary N) is 1. The summed E-state index contributed by atoms with van der Waals surface area (Å²) in [5.74, 6) is 0.336. The molecule has 37 heavy (non-hydrogen) atoms. The van der Waals surface area contributed by atoms with Gasteiger partial charge in [0.2, 0.25) is 0 Å². The second kappa shape index (κ2) is 11.1. The van der Waals surface area contributed by atoms with Crippen LogP contribution in [0.4, 0.5) is 0 Å². The Hall–Kier alpha value is -3.12. The highest BCUT2D eigenvalue weighted by Crippen LogP contribution is 2.35. The molecule has 4 aromatic rings. The van der Waals surface area contributed by atoms with Crippen LogP contribution in [-0.2, 0) is 16.1 Å². The Kier molecular flexibility index (Phi) is 7.65. The van der Waals surface area contributed by atoms with Crippen LogP contribution in [0.5, 0.6) is 0 Å². The molecule has 0 aliphatic carbocycles. The molecule has 0 amide bonds. The highest BCUT2D eigenvalue weighted by Gasteiger charge is 2.17. The molecular formula is C32H39N3O2. The number of fused-ring (bicyclic) bond motifs is 3.